The number of aryl methyl sites for hydroxylation is 2. The monoisotopic (exact) mass is 609 g/mol. The SMILES string of the molecule is CC[C@@H](C)NC(=O)[C@H](CC)N(Cc1cccc(C)c1)C(=O)CN(c1ccc(C)cc1)S(=O)(=O)c1ccc(OC)c(OC)c1. The topological polar surface area (TPSA) is 105 Å². The van der Waals surface area contributed by atoms with Gasteiger partial charge in [0.1, 0.15) is 12.6 Å². The maximum absolute atomic E-state index is 14.2. The van der Waals surface area contributed by atoms with Gasteiger partial charge in [-0.15, -0.1) is 0 Å². The van der Waals surface area contributed by atoms with E-state index in [1.807, 2.05) is 58.9 Å². The highest BCUT2D eigenvalue weighted by Crippen LogP contribution is 2.32. The van der Waals surface area contributed by atoms with Crippen LogP contribution in [0.5, 0.6) is 11.5 Å². The van der Waals surface area contributed by atoms with Gasteiger partial charge < -0.3 is 19.7 Å². The fourth-order valence-corrected chi connectivity index (χ4v) is 6.14. The Balaban J connectivity index is 2.10. The van der Waals surface area contributed by atoms with Gasteiger partial charge in [0.25, 0.3) is 10.0 Å². The molecule has 2 atom stereocenters. The van der Waals surface area contributed by atoms with Crippen molar-refractivity contribution in [3.63, 3.8) is 0 Å². The van der Waals surface area contributed by atoms with Crippen LogP contribution in [0.25, 0.3) is 0 Å². The highest BCUT2D eigenvalue weighted by atomic mass is 32.2. The van der Waals surface area contributed by atoms with Crippen LogP contribution in [-0.4, -0.2) is 58.0 Å². The van der Waals surface area contributed by atoms with E-state index < -0.39 is 28.5 Å². The van der Waals surface area contributed by atoms with Gasteiger partial charge in [-0.05, 0) is 63.4 Å². The molecule has 1 N–H and O–H groups in total. The minimum absolute atomic E-state index is 0.0645. The van der Waals surface area contributed by atoms with Crippen molar-refractivity contribution in [3.8, 4) is 11.5 Å². The molecule has 0 aliphatic heterocycles. The summed E-state index contributed by atoms with van der Waals surface area (Å²) in [7, 11) is -1.37. The Labute approximate surface area is 255 Å². The highest BCUT2D eigenvalue weighted by Gasteiger charge is 2.34. The lowest BCUT2D eigenvalue weighted by Crippen LogP contribution is -2.53. The summed E-state index contributed by atoms with van der Waals surface area (Å²) in [6.07, 6.45) is 1.09. The van der Waals surface area contributed by atoms with Crippen LogP contribution in [0.1, 0.15) is 50.3 Å². The largest absolute Gasteiger partial charge is 0.493 e. The van der Waals surface area contributed by atoms with Crippen molar-refractivity contribution in [2.75, 3.05) is 25.1 Å². The zero-order valence-electron chi connectivity index (χ0n) is 26.1. The Kier molecular flexibility index (Phi) is 11.6. The molecule has 0 aromatic heterocycles. The number of amides is 2. The zero-order chi connectivity index (χ0) is 31.7. The molecule has 2 amide bonds. The number of carbonyl (C=O) groups excluding carboxylic acids is 2. The van der Waals surface area contributed by atoms with E-state index >= 15 is 0 Å². The fourth-order valence-electron chi connectivity index (χ4n) is 4.71. The molecule has 0 saturated carbocycles. The molecule has 0 unspecified atom stereocenters. The maximum Gasteiger partial charge on any atom is 0.264 e. The molecule has 43 heavy (non-hydrogen) atoms. The van der Waals surface area contributed by atoms with Crippen molar-refractivity contribution in [2.45, 2.75) is 71.0 Å². The van der Waals surface area contributed by atoms with E-state index in [9.17, 15) is 18.0 Å². The predicted octanol–water partition coefficient (Wildman–Crippen LogP) is 5.24. The number of sulfonamides is 1. The summed E-state index contributed by atoms with van der Waals surface area (Å²) in [6.45, 7) is 9.20. The Bertz CT molecular complexity index is 1510. The van der Waals surface area contributed by atoms with Gasteiger partial charge in [-0.1, -0.05) is 61.4 Å². The molecule has 0 spiro atoms. The van der Waals surface area contributed by atoms with Crippen LogP contribution in [0, 0.1) is 13.8 Å². The van der Waals surface area contributed by atoms with E-state index in [0.717, 1.165) is 27.4 Å². The molecular weight excluding hydrogens is 566 g/mol. The van der Waals surface area contributed by atoms with Gasteiger partial charge in [-0.3, -0.25) is 13.9 Å². The molecule has 0 bridgehead atoms. The molecule has 0 heterocycles. The van der Waals surface area contributed by atoms with Crippen LogP contribution in [0.2, 0.25) is 0 Å². The quantitative estimate of drug-likeness (QED) is 0.268. The highest BCUT2D eigenvalue weighted by molar-refractivity contribution is 7.92. The number of rotatable bonds is 14. The van der Waals surface area contributed by atoms with Gasteiger partial charge in [0.2, 0.25) is 11.8 Å². The summed E-state index contributed by atoms with van der Waals surface area (Å²) in [4.78, 5) is 29.1. The molecule has 0 radical (unpaired) electrons. The molecule has 3 aromatic carbocycles. The Hall–Kier alpha value is -4.05. The number of anilines is 1. The average molecular weight is 610 g/mol. The van der Waals surface area contributed by atoms with Crippen LogP contribution in [0.4, 0.5) is 5.69 Å². The van der Waals surface area contributed by atoms with E-state index in [4.69, 9.17) is 9.47 Å². The van der Waals surface area contributed by atoms with E-state index in [0.29, 0.717) is 17.9 Å². The third-order valence-corrected chi connectivity index (χ3v) is 9.14. The Morgan fingerprint density at radius 3 is 2.12 bits per heavy atom. The molecular formula is C33H43N3O6S. The van der Waals surface area contributed by atoms with Crippen molar-refractivity contribution < 1.29 is 27.5 Å². The van der Waals surface area contributed by atoms with Crippen molar-refractivity contribution >= 4 is 27.5 Å². The fraction of sp³-hybridized carbons (Fsp3) is 0.394. The van der Waals surface area contributed by atoms with Gasteiger partial charge in [0, 0.05) is 18.7 Å². The number of carbonyl (C=O) groups is 2. The summed E-state index contributed by atoms with van der Waals surface area (Å²) in [6, 6.07) is 18.0. The van der Waals surface area contributed by atoms with Gasteiger partial charge in [0.05, 0.1) is 24.8 Å². The average Bonchev–Trinajstić information content (AvgIpc) is 2.99. The third kappa shape index (κ3) is 8.28. The molecule has 9 nitrogen and oxygen atoms in total. The second-order valence-electron chi connectivity index (χ2n) is 10.6. The minimum Gasteiger partial charge on any atom is -0.493 e. The number of nitrogens with zero attached hydrogens (tertiary/aromatic N) is 2. The summed E-state index contributed by atoms with van der Waals surface area (Å²) < 4.78 is 40.1. The first kappa shape index (κ1) is 33.5. The maximum atomic E-state index is 14.2. The number of hydrogen-bond acceptors (Lipinski definition) is 6. The van der Waals surface area contributed by atoms with Gasteiger partial charge >= 0.3 is 0 Å². The van der Waals surface area contributed by atoms with Crippen LogP contribution in [-0.2, 0) is 26.2 Å². The number of ether oxygens (including phenoxy) is 2. The molecule has 0 saturated heterocycles. The lowest BCUT2D eigenvalue weighted by Gasteiger charge is -2.34. The second kappa shape index (κ2) is 14.9. The minimum atomic E-state index is -4.26. The molecule has 0 aliphatic rings. The number of methoxy groups -OCH3 is 2. The Morgan fingerprint density at radius 2 is 1.53 bits per heavy atom. The number of hydrogen-bond donors (Lipinski definition) is 1. The molecule has 232 valence electrons. The van der Waals surface area contributed by atoms with Crippen molar-refractivity contribution in [3.05, 3.63) is 83.4 Å². The Morgan fingerprint density at radius 1 is 0.860 bits per heavy atom. The number of benzene rings is 3. The summed E-state index contributed by atoms with van der Waals surface area (Å²) in [5.41, 5.74) is 3.11. The van der Waals surface area contributed by atoms with Crippen molar-refractivity contribution in [2.24, 2.45) is 0 Å². The van der Waals surface area contributed by atoms with Crippen molar-refractivity contribution in [1.29, 1.82) is 0 Å². The van der Waals surface area contributed by atoms with Gasteiger partial charge in [-0.25, -0.2) is 8.42 Å². The van der Waals surface area contributed by atoms with E-state index in [-0.39, 0.29) is 29.1 Å². The predicted molar refractivity (Wildman–Crippen MR) is 169 cm³/mol. The first-order valence-electron chi connectivity index (χ1n) is 14.4. The summed E-state index contributed by atoms with van der Waals surface area (Å²) in [5, 5.41) is 2.99. The van der Waals surface area contributed by atoms with Crippen LogP contribution < -0.4 is 19.1 Å². The van der Waals surface area contributed by atoms with Gasteiger partial charge in [-0.2, -0.15) is 0 Å². The molecule has 0 aliphatic carbocycles. The van der Waals surface area contributed by atoms with Crippen LogP contribution >= 0.6 is 0 Å². The lowest BCUT2D eigenvalue weighted by molar-refractivity contribution is -0.140. The van der Waals surface area contributed by atoms with Crippen LogP contribution in [0.3, 0.4) is 0 Å². The summed E-state index contributed by atoms with van der Waals surface area (Å²) in [5.74, 6) is -0.158. The van der Waals surface area contributed by atoms with Crippen LogP contribution in [0.15, 0.2) is 71.6 Å². The van der Waals surface area contributed by atoms with E-state index in [2.05, 4.69) is 5.32 Å². The van der Waals surface area contributed by atoms with Gasteiger partial charge in [0.15, 0.2) is 11.5 Å². The zero-order valence-corrected chi connectivity index (χ0v) is 26.9. The first-order valence-corrected chi connectivity index (χ1v) is 15.9. The normalized spacial score (nSPS) is 12.6. The third-order valence-electron chi connectivity index (χ3n) is 7.37. The van der Waals surface area contributed by atoms with Crippen molar-refractivity contribution in [1.82, 2.24) is 10.2 Å². The molecule has 0 fully saturated rings. The molecule has 3 rings (SSSR count). The second-order valence-corrected chi connectivity index (χ2v) is 12.5. The lowest BCUT2D eigenvalue weighted by atomic mass is 10.1. The smallest absolute Gasteiger partial charge is 0.264 e. The summed E-state index contributed by atoms with van der Waals surface area (Å²) >= 11 is 0. The molecule has 3 aromatic rings. The first-order chi connectivity index (χ1) is 20.4. The van der Waals surface area contributed by atoms with E-state index in [1.165, 1.54) is 37.3 Å². The number of nitrogens with one attached hydrogen (secondary N) is 1. The molecule has 10 heteroatoms. The van der Waals surface area contributed by atoms with E-state index in [1.54, 1.807) is 24.3 Å². The standard InChI is InChI=1S/C33H43N3O6S/c1-8-25(5)34-33(38)29(9-2)35(21-26-12-10-11-24(4)19-26)32(37)22-36(27-15-13-23(3)14-16-27)43(39,40)28-17-18-30(41-6)31(20-28)42-7/h10-20,25,29H,8-9,21-22H2,1-7H3,(H,34,38)/t25-,29+/m1/s1.